The Bertz CT molecular complexity index is 834. The van der Waals surface area contributed by atoms with E-state index in [9.17, 15) is 14.7 Å². The molecule has 0 atom stereocenters. The second-order valence-electron chi connectivity index (χ2n) is 10.1. The lowest BCUT2D eigenvalue weighted by molar-refractivity contribution is -0.121. The molecule has 2 saturated carbocycles. The molecule has 0 radical (unpaired) electrons. The van der Waals surface area contributed by atoms with Gasteiger partial charge in [-0.2, -0.15) is 0 Å². The van der Waals surface area contributed by atoms with Crippen molar-refractivity contribution >= 4 is 11.9 Å². The third kappa shape index (κ3) is 4.74. The predicted octanol–water partition coefficient (Wildman–Crippen LogP) is 1.57. The summed E-state index contributed by atoms with van der Waals surface area (Å²) in [4.78, 5) is 29.3. The van der Waals surface area contributed by atoms with Gasteiger partial charge in [0.05, 0.1) is 24.3 Å². The van der Waals surface area contributed by atoms with E-state index in [0.717, 1.165) is 44.9 Å². The van der Waals surface area contributed by atoms with Crippen LogP contribution in [0.2, 0.25) is 0 Å². The number of amides is 3. The van der Waals surface area contributed by atoms with Gasteiger partial charge >= 0.3 is 6.03 Å². The standard InChI is InChI=1S/C25H38N4O4/c1-26-25(20-6-3-2-4-7-20)13-11-23(12-14-25)18-28(16-8-21(31)27-15-17-30)22(32)29(23)19-24(33)9-5-10-24/h2-4,6-7,26,30,33H,5,8-19H2,1H3,(H,27,31)/t23-,25+. The van der Waals surface area contributed by atoms with Crippen molar-refractivity contribution in [3.8, 4) is 0 Å². The molecule has 3 fully saturated rings. The lowest BCUT2D eigenvalue weighted by Crippen LogP contribution is -2.59. The second kappa shape index (κ2) is 9.60. The zero-order chi connectivity index (χ0) is 23.5. The minimum Gasteiger partial charge on any atom is -0.395 e. The first kappa shape index (κ1) is 24.0. The highest BCUT2D eigenvalue weighted by Crippen LogP contribution is 2.48. The first-order valence-electron chi connectivity index (χ1n) is 12.3. The van der Waals surface area contributed by atoms with Crippen LogP contribution in [0.3, 0.4) is 0 Å². The molecule has 0 aromatic heterocycles. The number of hydrogen-bond acceptors (Lipinski definition) is 5. The van der Waals surface area contributed by atoms with E-state index in [0.29, 0.717) is 19.6 Å². The molecular weight excluding hydrogens is 420 g/mol. The van der Waals surface area contributed by atoms with Crippen LogP contribution in [-0.4, -0.2) is 82.9 Å². The second-order valence-corrected chi connectivity index (χ2v) is 10.1. The van der Waals surface area contributed by atoms with Crippen molar-refractivity contribution in [1.29, 1.82) is 0 Å². The highest BCUT2D eigenvalue weighted by molar-refractivity contribution is 5.80. The number of aliphatic hydroxyl groups excluding tert-OH is 1. The van der Waals surface area contributed by atoms with Crippen LogP contribution in [0.15, 0.2) is 30.3 Å². The SMILES string of the molecule is CN[C@]1(c2ccccc2)CC[C@]2(CC1)CN(CCC(=O)NCCO)C(=O)N2CC1(O)CCC1. The first-order valence-corrected chi connectivity index (χ1v) is 12.3. The molecule has 33 heavy (non-hydrogen) atoms. The van der Waals surface area contributed by atoms with Gasteiger partial charge in [-0.3, -0.25) is 4.79 Å². The molecule has 4 N–H and O–H groups in total. The van der Waals surface area contributed by atoms with Gasteiger partial charge in [0.2, 0.25) is 5.91 Å². The van der Waals surface area contributed by atoms with Crippen molar-refractivity contribution in [2.24, 2.45) is 0 Å². The van der Waals surface area contributed by atoms with Crippen molar-refractivity contribution in [2.45, 2.75) is 68.0 Å². The van der Waals surface area contributed by atoms with Gasteiger partial charge in [0, 0.05) is 31.6 Å². The van der Waals surface area contributed by atoms with E-state index >= 15 is 0 Å². The third-order valence-corrected chi connectivity index (χ3v) is 8.18. The number of aliphatic hydroxyl groups is 2. The molecule has 1 saturated heterocycles. The molecule has 1 aromatic rings. The number of nitrogens with zero attached hydrogens (tertiary/aromatic N) is 2. The van der Waals surface area contributed by atoms with E-state index in [1.807, 2.05) is 18.0 Å². The number of rotatable bonds is 9. The monoisotopic (exact) mass is 458 g/mol. The maximum Gasteiger partial charge on any atom is 0.320 e. The van der Waals surface area contributed by atoms with Crippen LogP contribution < -0.4 is 10.6 Å². The van der Waals surface area contributed by atoms with Gasteiger partial charge in [-0.05, 0) is 57.6 Å². The summed E-state index contributed by atoms with van der Waals surface area (Å²) in [6, 6.07) is 10.4. The molecule has 1 aromatic carbocycles. The lowest BCUT2D eigenvalue weighted by Gasteiger charge is -2.50. The largest absolute Gasteiger partial charge is 0.395 e. The molecular formula is C25H38N4O4. The van der Waals surface area contributed by atoms with E-state index in [4.69, 9.17) is 5.11 Å². The molecule has 8 nitrogen and oxygen atoms in total. The van der Waals surface area contributed by atoms with Crippen LogP contribution in [0.4, 0.5) is 4.79 Å². The maximum absolute atomic E-state index is 13.5. The molecule has 3 aliphatic rings. The summed E-state index contributed by atoms with van der Waals surface area (Å²) in [6.45, 7) is 1.43. The van der Waals surface area contributed by atoms with Crippen LogP contribution >= 0.6 is 0 Å². The zero-order valence-corrected chi connectivity index (χ0v) is 19.7. The Labute approximate surface area is 196 Å². The van der Waals surface area contributed by atoms with Crippen molar-refractivity contribution in [3.63, 3.8) is 0 Å². The Balaban J connectivity index is 1.50. The van der Waals surface area contributed by atoms with Crippen LogP contribution in [0.1, 0.15) is 56.9 Å². The Morgan fingerprint density at radius 1 is 1.09 bits per heavy atom. The fraction of sp³-hybridized carbons (Fsp3) is 0.680. The normalized spacial score (nSPS) is 28.8. The van der Waals surface area contributed by atoms with Crippen LogP contribution in [0.25, 0.3) is 0 Å². The Hall–Kier alpha value is -2.16. The zero-order valence-electron chi connectivity index (χ0n) is 19.7. The van der Waals surface area contributed by atoms with Crippen molar-refractivity contribution in [1.82, 2.24) is 20.4 Å². The summed E-state index contributed by atoms with van der Waals surface area (Å²) >= 11 is 0. The summed E-state index contributed by atoms with van der Waals surface area (Å²) in [6.07, 6.45) is 6.18. The van der Waals surface area contributed by atoms with Crippen molar-refractivity contribution in [3.05, 3.63) is 35.9 Å². The molecule has 1 aliphatic heterocycles. The number of hydrogen-bond donors (Lipinski definition) is 4. The van der Waals surface area contributed by atoms with Gasteiger partial charge in [-0.25, -0.2) is 4.79 Å². The number of β-amino-alcohol motifs (C(OH)–C–C–N with tert-alkyl or cyclic N) is 1. The molecule has 1 spiro atoms. The number of urea groups is 1. The number of benzene rings is 1. The Morgan fingerprint density at radius 3 is 2.36 bits per heavy atom. The van der Waals surface area contributed by atoms with Gasteiger partial charge in [0.15, 0.2) is 0 Å². The topological polar surface area (TPSA) is 105 Å². The van der Waals surface area contributed by atoms with Crippen LogP contribution in [-0.2, 0) is 10.3 Å². The summed E-state index contributed by atoms with van der Waals surface area (Å²) in [5.41, 5.74) is 0.0488. The van der Waals surface area contributed by atoms with E-state index in [1.165, 1.54) is 5.56 Å². The molecule has 1 heterocycles. The lowest BCUT2D eigenvalue weighted by atomic mass is 9.68. The Morgan fingerprint density at radius 2 is 1.79 bits per heavy atom. The fourth-order valence-corrected chi connectivity index (χ4v) is 5.86. The highest BCUT2D eigenvalue weighted by atomic mass is 16.3. The first-order chi connectivity index (χ1) is 15.9. The van der Waals surface area contributed by atoms with Gasteiger partial charge in [0.25, 0.3) is 0 Å². The molecule has 4 rings (SSSR count). The average Bonchev–Trinajstić information content (AvgIpc) is 3.07. The average molecular weight is 459 g/mol. The molecule has 8 heteroatoms. The Kier molecular flexibility index (Phi) is 6.98. The molecule has 2 aliphatic carbocycles. The van der Waals surface area contributed by atoms with E-state index in [1.54, 1.807) is 4.90 Å². The summed E-state index contributed by atoms with van der Waals surface area (Å²) in [7, 11) is 2.01. The van der Waals surface area contributed by atoms with Crippen LogP contribution in [0, 0.1) is 0 Å². The smallest absolute Gasteiger partial charge is 0.320 e. The van der Waals surface area contributed by atoms with E-state index in [2.05, 4.69) is 34.9 Å². The molecule has 182 valence electrons. The van der Waals surface area contributed by atoms with Gasteiger partial charge in [-0.15, -0.1) is 0 Å². The number of nitrogens with one attached hydrogen (secondary N) is 2. The summed E-state index contributed by atoms with van der Waals surface area (Å²) < 4.78 is 0. The number of carbonyl (C=O) groups excluding carboxylic acids is 2. The quantitative estimate of drug-likeness (QED) is 0.450. The van der Waals surface area contributed by atoms with E-state index in [-0.39, 0.29) is 42.6 Å². The maximum atomic E-state index is 13.5. The molecule has 3 amide bonds. The molecule has 0 unspecified atom stereocenters. The minimum atomic E-state index is -0.784. The summed E-state index contributed by atoms with van der Waals surface area (Å²) in [5.74, 6) is -0.163. The highest BCUT2D eigenvalue weighted by Gasteiger charge is 2.55. The van der Waals surface area contributed by atoms with Crippen molar-refractivity contribution < 1.29 is 19.8 Å². The predicted molar refractivity (Wildman–Crippen MR) is 126 cm³/mol. The molecule has 0 bridgehead atoms. The van der Waals surface area contributed by atoms with Crippen molar-refractivity contribution in [2.75, 3.05) is 39.8 Å². The van der Waals surface area contributed by atoms with E-state index < -0.39 is 5.60 Å². The fourth-order valence-electron chi connectivity index (χ4n) is 5.86. The van der Waals surface area contributed by atoms with Crippen LogP contribution in [0.5, 0.6) is 0 Å². The summed E-state index contributed by atoms with van der Waals surface area (Å²) in [5, 5.41) is 26.0. The van der Waals surface area contributed by atoms with Gasteiger partial charge < -0.3 is 30.6 Å². The minimum absolute atomic E-state index is 0.0676. The third-order valence-electron chi connectivity index (χ3n) is 8.18. The van der Waals surface area contributed by atoms with Gasteiger partial charge in [-0.1, -0.05) is 30.3 Å². The number of carbonyl (C=O) groups is 2. The van der Waals surface area contributed by atoms with Gasteiger partial charge in [0.1, 0.15) is 0 Å².